The van der Waals surface area contributed by atoms with Crippen LogP contribution in [0.2, 0.25) is 0 Å². The summed E-state index contributed by atoms with van der Waals surface area (Å²) in [6.45, 7) is 0. The Bertz CT molecular complexity index is 862. The molecule has 3 aromatic rings. The van der Waals surface area contributed by atoms with Crippen LogP contribution in [0, 0.1) is 5.82 Å². The highest BCUT2D eigenvalue weighted by Gasteiger charge is 2.09. The molecule has 0 heterocycles. The largest absolute Gasteiger partial charge is 0.326 e. The summed E-state index contributed by atoms with van der Waals surface area (Å²) >= 11 is 0. The molecule has 0 unspecified atom stereocenters. The second-order valence-electron chi connectivity index (χ2n) is 5.25. The van der Waals surface area contributed by atoms with Crippen molar-refractivity contribution in [3.8, 4) is 0 Å². The highest BCUT2D eigenvalue weighted by Crippen LogP contribution is 2.13. The summed E-state index contributed by atoms with van der Waals surface area (Å²) in [5.74, 6) is -0.374. The minimum atomic E-state index is -0.343. The van der Waals surface area contributed by atoms with Gasteiger partial charge in [-0.25, -0.2) is 9.38 Å². The van der Waals surface area contributed by atoms with Gasteiger partial charge in [-0.15, -0.1) is 0 Å². The molecule has 0 aliphatic carbocycles. The van der Waals surface area contributed by atoms with Gasteiger partial charge in [0.2, 0.25) is 5.96 Å². The van der Waals surface area contributed by atoms with E-state index in [-0.39, 0.29) is 17.7 Å². The van der Waals surface area contributed by atoms with E-state index in [1.807, 2.05) is 36.4 Å². The van der Waals surface area contributed by atoms with Gasteiger partial charge in [0.05, 0.1) is 5.69 Å². The van der Waals surface area contributed by atoms with Gasteiger partial charge in [0.25, 0.3) is 5.91 Å². The Hall–Kier alpha value is -3.47. The molecule has 0 aliphatic rings. The predicted octanol–water partition coefficient (Wildman–Crippen LogP) is 4.36. The summed E-state index contributed by atoms with van der Waals surface area (Å²) in [7, 11) is 0. The molecule has 2 N–H and O–H groups in total. The van der Waals surface area contributed by atoms with Crippen molar-refractivity contribution in [2.75, 3.05) is 5.32 Å². The summed E-state index contributed by atoms with van der Waals surface area (Å²) in [4.78, 5) is 16.8. The molecular formula is C20H16FN3O. The van der Waals surface area contributed by atoms with Gasteiger partial charge in [-0.05, 0) is 48.5 Å². The molecule has 124 valence electrons. The minimum Gasteiger partial charge on any atom is -0.326 e. The van der Waals surface area contributed by atoms with Crippen LogP contribution in [0.4, 0.5) is 15.8 Å². The van der Waals surface area contributed by atoms with Crippen molar-refractivity contribution in [2.24, 2.45) is 4.99 Å². The topological polar surface area (TPSA) is 53.5 Å². The van der Waals surface area contributed by atoms with E-state index in [1.54, 1.807) is 24.3 Å². The number of nitrogens with zero attached hydrogens (tertiary/aromatic N) is 1. The number of rotatable bonds is 3. The van der Waals surface area contributed by atoms with Crippen LogP contribution in [0.25, 0.3) is 0 Å². The van der Waals surface area contributed by atoms with E-state index >= 15 is 0 Å². The third-order valence-electron chi connectivity index (χ3n) is 3.37. The van der Waals surface area contributed by atoms with E-state index in [0.29, 0.717) is 11.3 Å². The molecule has 3 aromatic carbocycles. The Morgan fingerprint density at radius 1 is 0.800 bits per heavy atom. The van der Waals surface area contributed by atoms with Gasteiger partial charge in [0.1, 0.15) is 5.82 Å². The molecular weight excluding hydrogens is 317 g/mol. The number of hydrogen-bond donors (Lipinski definition) is 2. The number of benzene rings is 3. The maximum absolute atomic E-state index is 13.1. The molecule has 0 atom stereocenters. The van der Waals surface area contributed by atoms with E-state index in [0.717, 1.165) is 5.69 Å². The molecule has 0 saturated carbocycles. The third kappa shape index (κ3) is 4.75. The predicted molar refractivity (Wildman–Crippen MR) is 97.5 cm³/mol. The summed E-state index contributed by atoms with van der Waals surface area (Å²) in [5, 5.41) is 5.82. The number of hydrogen-bond acceptors (Lipinski definition) is 2. The second-order valence-corrected chi connectivity index (χ2v) is 5.25. The Morgan fingerprint density at radius 2 is 1.40 bits per heavy atom. The van der Waals surface area contributed by atoms with Gasteiger partial charge in [-0.2, -0.15) is 0 Å². The highest BCUT2D eigenvalue weighted by molar-refractivity contribution is 6.10. The average Bonchev–Trinajstić information content (AvgIpc) is 2.65. The van der Waals surface area contributed by atoms with Gasteiger partial charge in [0, 0.05) is 11.3 Å². The van der Waals surface area contributed by atoms with Crippen molar-refractivity contribution < 1.29 is 9.18 Å². The van der Waals surface area contributed by atoms with Gasteiger partial charge >= 0.3 is 0 Å². The number of carbonyl (C=O) groups is 1. The Morgan fingerprint density at radius 3 is 2.04 bits per heavy atom. The van der Waals surface area contributed by atoms with Crippen LogP contribution in [-0.4, -0.2) is 11.9 Å². The first-order valence-corrected chi connectivity index (χ1v) is 7.73. The Balaban J connectivity index is 1.85. The van der Waals surface area contributed by atoms with Crippen molar-refractivity contribution in [3.63, 3.8) is 0 Å². The van der Waals surface area contributed by atoms with Crippen LogP contribution in [0.15, 0.2) is 89.9 Å². The number of halogens is 1. The number of amides is 1. The summed E-state index contributed by atoms with van der Waals surface area (Å²) in [6.07, 6.45) is 0. The maximum Gasteiger partial charge on any atom is 0.257 e. The van der Waals surface area contributed by atoms with Gasteiger partial charge in [-0.3, -0.25) is 10.1 Å². The lowest BCUT2D eigenvalue weighted by atomic mass is 10.2. The quantitative estimate of drug-likeness (QED) is 0.553. The van der Waals surface area contributed by atoms with Crippen LogP contribution < -0.4 is 10.6 Å². The number of aliphatic imine (C=N–C) groups is 1. The van der Waals surface area contributed by atoms with Crippen LogP contribution >= 0.6 is 0 Å². The van der Waals surface area contributed by atoms with Crippen molar-refractivity contribution in [3.05, 3.63) is 96.3 Å². The van der Waals surface area contributed by atoms with Crippen LogP contribution in [0.5, 0.6) is 0 Å². The van der Waals surface area contributed by atoms with Crippen LogP contribution in [0.3, 0.4) is 0 Å². The van der Waals surface area contributed by atoms with E-state index < -0.39 is 0 Å². The maximum atomic E-state index is 13.1. The third-order valence-corrected chi connectivity index (χ3v) is 3.37. The molecule has 25 heavy (non-hydrogen) atoms. The van der Waals surface area contributed by atoms with Crippen LogP contribution in [-0.2, 0) is 0 Å². The highest BCUT2D eigenvalue weighted by atomic mass is 19.1. The molecule has 1 amide bonds. The first-order valence-electron chi connectivity index (χ1n) is 7.73. The first-order chi connectivity index (χ1) is 12.2. The smallest absolute Gasteiger partial charge is 0.257 e. The zero-order valence-corrected chi connectivity index (χ0v) is 13.3. The Labute approximate surface area is 145 Å². The first kappa shape index (κ1) is 16.4. The van der Waals surface area contributed by atoms with E-state index in [4.69, 9.17) is 0 Å². The monoisotopic (exact) mass is 333 g/mol. The molecule has 0 aromatic heterocycles. The van der Waals surface area contributed by atoms with Crippen molar-refractivity contribution in [1.29, 1.82) is 0 Å². The number of carbonyl (C=O) groups excluding carboxylic acids is 1. The number of guanidine groups is 1. The molecule has 0 radical (unpaired) electrons. The standard InChI is InChI=1S/C20H16FN3O/c21-16-11-13-18(14-12-16)23-20(22-17-9-5-2-6-10-17)24-19(25)15-7-3-1-4-8-15/h1-14H,(H2,22,23,24,25). The summed E-state index contributed by atoms with van der Waals surface area (Å²) in [6, 6.07) is 23.9. The fourth-order valence-corrected chi connectivity index (χ4v) is 2.16. The number of anilines is 1. The number of nitrogens with one attached hydrogen (secondary N) is 2. The molecule has 4 nitrogen and oxygen atoms in total. The molecule has 0 fully saturated rings. The molecule has 3 rings (SSSR count). The van der Waals surface area contributed by atoms with E-state index in [1.165, 1.54) is 24.3 Å². The fraction of sp³-hybridized carbons (Fsp3) is 0. The SMILES string of the molecule is O=C(NC(=Nc1ccc(F)cc1)Nc1ccccc1)c1ccccc1. The van der Waals surface area contributed by atoms with Crippen molar-refractivity contribution in [1.82, 2.24) is 5.32 Å². The molecule has 5 heteroatoms. The fourth-order valence-electron chi connectivity index (χ4n) is 2.16. The lowest BCUT2D eigenvalue weighted by Gasteiger charge is -2.11. The zero-order chi connectivity index (χ0) is 17.5. The molecule has 0 saturated heterocycles. The van der Waals surface area contributed by atoms with Crippen LogP contribution in [0.1, 0.15) is 10.4 Å². The minimum absolute atomic E-state index is 0.256. The molecule has 0 spiro atoms. The van der Waals surface area contributed by atoms with Crippen molar-refractivity contribution in [2.45, 2.75) is 0 Å². The average molecular weight is 333 g/mol. The zero-order valence-electron chi connectivity index (χ0n) is 13.3. The lowest BCUT2D eigenvalue weighted by Crippen LogP contribution is -2.35. The van der Waals surface area contributed by atoms with E-state index in [2.05, 4.69) is 15.6 Å². The van der Waals surface area contributed by atoms with E-state index in [9.17, 15) is 9.18 Å². The number of para-hydroxylation sites is 1. The Kier molecular flexibility index (Phi) is 5.16. The van der Waals surface area contributed by atoms with Gasteiger partial charge in [0.15, 0.2) is 0 Å². The second kappa shape index (κ2) is 7.88. The normalized spacial score (nSPS) is 11.0. The van der Waals surface area contributed by atoms with Gasteiger partial charge < -0.3 is 5.32 Å². The summed E-state index contributed by atoms with van der Waals surface area (Å²) < 4.78 is 13.1. The van der Waals surface area contributed by atoms with Gasteiger partial charge in [-0.1, -0.05) is 36.4 Å². The van der Waals surface area contributed by atoms with Crippen molar-refractivity contribution >= 4 is 23.2 Å². The molecule has 0 aliphatic heterocycles. The molecule has 0 bridgehead atoms. The lowest BCUT2D eigenvalue weighted by molar-refractivity contribution is 0.0977. The summed E-state index contributed by atoms with van der Waals surface area (Å²) in [5.41, 5.74) is 1.81.